The van der Waals surface area contributed by atoms with Crippen molar-refractivity contribution in [2.45, 2.75) is 6.92 Å². The maximum absolute atomic E-state index is 11.4. The molecule has 0 saturated carbocycles. The molecule has 0 aliphatic heterocycles. The molecule has 0 saturated heterocycles. The molecular weight excluding hydrogens is 172 g/mol. The van der Waals surface area contributed by atoms with Gasteiger partial charge in [0, 0.05) is 19.5 Å². The van der Waals surface area contributed by atoms with Crippen LogP contribution in [0.3, 0.4) is 0 Å². The summed E-state index contributed by atoms with van der Waals surface area (Å²) in [6.45, 7) is 2.08. The average Bonchev–Trinajstić information content (AvgIpc) is 2.02. The summed E-state index contributed by atoms with van der Waals surface area (Å²) in [7, 11) is 3.24. The van der Waals surface area contributed by atoms with Crippen molar-refractivity contribution in [3.63, 3.8) is 0 Å². The normalized spacial score (nSPS) is 12.2. The zero-order valence-corrected chi connectivity index (χ0v) is 8.20. The highest BCUT2D eigenvalue weighted by Gasteiger charge is 2.17. The number of carboxylic acids is 1. The van der Waals surface area contributed by atoms with E-state index in [4.69, 9.17) is 5.11 Å². The number of likely N-dealkylation sites (N-methyl/N-ethyl adjacent to an activating group) is 1. The third-order valence-corrected chi connectivity index (χ3v) is 1.68. The van der Waals surface area contributed by atoms with Gasteiger partial charge in [-0.1, -0.05) is 6.92 Å². The van der Waals surface area contributed by atoms with Crippen LogP contribution in [0.4, 0.5) is 0 Å². The number of carbonyl (C=O) groups is 2. The van der Waals surface area contributed by atoms with Crippen molar-refractivity contribution in [3.8, 4) is 0 Å². The molecule has 1 atom stereocenters. The molecule has 0 aromatic heterocycles. The van der Waals surface area contributed by atoms with Crippen LogP contribution in [0.5, 0.6) is 0 Å². The van der Waals surface area contributed by atoms with Gasteiger partial charge in [-0.05, 0) is 7.05 Å². The van der Waals surface area contributed by atoms with Gasteiger partial charge < -0.3 is 15.3 Å². The lowest BCUT2D eigenvalue weighted by atomic mass is 10.1. The Morgan fingerprint density at radius 3 is 2.46 bits per heavy atom. The molecule has 2 N–H and O–H groups in total. The summed E-state index contributed by atoms with van der Waals surface area (Å²) in [6, 6.07) is 0. The van der Waals surface area contributed by atoms with Crippen LogP contribution in [0, 0.1) is 5.92 Å². The Morgan fingerprint density at radius 2 is 2.08 bits per heavy atom. The van der Waals surface area contributed by atoms with Crippen molar-refractivity contribution in [2.24, 2.45) is 5.92 Å². The van der Waals surface area contributed by atoms with Gasteiger partial charge in [0.15, 0.2) is 0 Å². The fraction of sp³-hybridized carbons (Fsp3) is 0.750. The first-order valence-electron chi connectivity index (χ1n) is 4.10. The molecule has 0 aliphatic rings. The molecule has 0 bridgehead atoms. The number of aliphatic carboxylic acids is 1. The van der Waals surface area contributed by atoms with E-state index in [1.165, 1.54) is 11.9 Å². The van der Waals surface area contributed by atoms with Crippen LogP contribution < -0.4 is 5.32 Å². The molecule has 0 heterocycles. The maximum atomic E-state index is 11.4. The minimum absolute atomic E-state index is 0.156. The molecule has 0 aromatic rings. The Bertz CT molecular complexity index is 194. The summed E-state index contributed by atoms with van der Waals surface area (Å²) >= 11 is 0. The van der Waals surface area contributed by atoms with Crippen molar-refractivity contribution in [1.29, 1.82) is 0 Å². The van der Waals surface area contributed by atoms with Crippen LogP contribution in [0.2, 0.25) is 0 Å². The minimum atomic E-state index is -0.993. The first-order valence-corrected chi connectivity index (χ1v) is 4.10. The van der Waals surface area contributed by atoms with Gasteiger partial charge in [0.05, 0.1) is 0 Å². The highest BCUT2D eigenvalue weighted by atomic mass is 16.4. The van der Waals surface area contributed by atoms with E-state index in [0.717, 1.165) is 0 Å². The molecule has 5 heteroatoms. The minimum Gasteiger partial charge on any atom is -0.480 e. The monoisotopic (exact) mass is 188 g/mol. The van der Waals surface area contributed by atoms with Crippen LogP contribution in [0.15, 0.2) is 0 Å². The van der Waals surface area contributed by atoms with E-state index < -0.39 is 5.97 Å². The zero-order valence-electron chi connectivity index (χ0n) is 8.20. The first-order chi connectivity index (χ1) is 5.99. The number of carbonyl (C=O) groups excluding carboxylic acids is 1. The van der Waals surface area contributed by atoms with E-state index in [0.29, 0.717) is 6.54 Å². The van der Waals surface area contributed by atoms with Gasteiger partial charge in [-0.3, -0.25) is 9.59 Å². The molecule has 5 nitrogen and oxygen atoms in total. The van der Waals surface area contributed by atoms with Crippen LogP contribution in [0.25, 0.3) is 0 Å². The quantitative estimate of drug-likeness (QED) is 0.603. The van der Waals surface area contributed by atoms with E-state index in [1.807, 2.05) is 0 Å². The summed E-state index contributed by atoms with van der Waals surface area (Å²) in [6.07, 6.45) is 0. The van der Waals surface area contributed by atoms with Gasteiger partial charge in [-0.25, -0.2) is 0 Å². The van der Waals surface area contributed by atoms with Crippen LogP contribution in [0.1, 0.15) is 6.92 Å². The van der Waals surface area contributed by atoms with Crippen LogP contribution in [-0.4, -0.2) is 49.1 Å². The van der Waals surface area contributed by atoms with Gasteiger partial charge in [0.25, 0.3) is 0 Å². The fourth-order valence-corrected chi connectivity index (χ4v) is 1.05. The number of hydrogen-bond acceptors (Lipinski definition) is 3. The predicted octanol–water partition coefficient (Wildman–Crippen LogP) is -0.615. The number of nitrogens with zero attached hydrogens (tertiary/aromatic N) is 1. The van der Waals surface area contributed by atoms with Crippen LogP contribution in [-0.2, 0) is 9.59 Å². The first kappa shape index (κ1) is 11.9. The number of hydrogen-bond donors (Lipinski definition) is 2. The third kappa shape index (κ3) is 4.47. The summed E-state index contributed by atoms with van der Waals surface area (Å²) in [5, 5.41) is 11.3. The molecule has 0 rings (SSSR count). The SMILES string of the molecule is CNCC(C)C(=O)N(C)CC(=O)O. The van der Waals surface area contributed by atoms with Crippen molar-refractivity contribution in [1.82, 2.24) is 10.2 Å². The van der Waals surface area contributed by atoms with Gasteiger partial charge in [0.1, 0.15) is 6.54 Å². The highest BCUT2D eigenvalue weighted by Crippen LogP contribution is 1.98. The van der Waals surface area contributed by atoms with Crippen molar-refractivity contribution >= 4 is 11.9 Å². The van der Waals surface area contributed by atoms with Gasteiger partial charge in [-0.2, -0.15) is 0 Å². The van der Waals surface area contributed by atoms with Gasteiger partial charge >= 0.3 is 5.97 Å². The lowest BCUT2D eigenvalue weighted by molar-refractivity contribution is -0.144. The lowest BCUT2D eigenvalue weighted by Gasteiger charge is -2.19. The summed E-state index contributed by atoms with van der Waals surface area (Å²) in [5.41, 5.74) is 0. The smallest absolute Gasteiger partial charge is 0.323 e. The van der Waals surface area contributed by atoms with Gasteiger partial charge in [0.2, 0.25) is 5.91 Å². The van der Waals surface area contributed by atoms with Crippen molar-refractivity contribution < 1.29 is 14.7 Å². The number of rotatable bonds is 5. The molecule has 0 spiro atoms. The summed E-state index contributed by atoms with van der Waals surface area (Å²) in [4.78, 5) is 22.9. The molecule has 76 valence electrons. The van der Waals surface area contributed by atoms with Gasteiger partial charge in [-0.15, -0.1) is 0 Å². The lowest BCUT2D eigenvalue weighted by Crippen LogP contribution is -2.38. The molecule has 0 aliphatic carbocycles. The number of carboxylic acid groups (broad SMARTS) is 1. The van der Waals surface area contributed by atoms with E-state index in [9.17, 15) is 9.59 Å². The average molecular weight is 188 g/mol. The van der Waals surface area contributed by atoms with Crippen molar-refractivity contribution in [3.05, 3.63) is 0 Å². The van der Waals surface area contributed by atoms with E-state index in [-0.39, 0.29) is 18.4 Å². The molecular formula is C8H16N2O3. The highest BCUT2D eigenvalue weighted by molar-refractivity contribution is 5.82. The fourth-order valence-electron chi connectivity index (χ4n) is 1.05. The zero-order chi connectivity index (χ0) is 10.4. The topological polar surface area (TPSA) is 69.6 Å². The Kier molecular flexibility index (Phi) is 5.06. The second-order valence-corrected chi connectivity index (χ2v) is 3.05. The van der Waals surface area contributed by atoms with E-state index >= 15 is 0 Å². The third-order valence-electron chi connectivity index (χ3n) is 1.68. The second-order valence-electron chi connectivity index (χ2n) is 3.05. The molecule has 1 amide bonds. The number of nitrogens with one attached hydrogen (secondary N) is 1. The molecule has 0 radical (unpaired) electrons. The maximum Gasteiger partial charge on any atom is 0.323 e. The standard InChI is InChI=1S/C8H16N2O3/c1-6(4-9-2)8(13)10(3)5-7(11)12/h6,9H,4-5H2,1-3H3,(H,11,12). The Hall–Kier alpha value is -1.10. The second kappa shape index (κ2) is 5.53. The molecule has 0 fully saturated rings. The Labute approximate surface area is 77.7 Å². The molecule has 0 aromatic carbocycles. The van der Waals surface area contributed by atoms with E-state index in [2.05, 4.69) is 5.32 Å². The Balaban J connectivity index is 4.01. The molecule has 1 unspecified atom stereocenters. The largest absolute Gasteiger partial charge is 0.480 e. The summed E-state index contributed by atoms with van der Waals surface area (Å²) < 4.78 is 0. The molecule has 13 heavy (non-hydrogen) atoms. The van der Waals surface area contributed by atoms with Crippen molar-refractivity contribution in [2.75, 3.05) is 27.2 Å². The summed E-state index contributed by atoms with van der Waals surface area (Å²) in [5.74, 6) is -1.33. The number of amides is 1. The van der Waals surface area contributed by atoms with Crippen LogP contribution >= 0.6 is 0 Å². The predicted molar refractivity (Wildman–Crippen MR) is 48.4 cm³/mol. The Morgan fingerprint density at radius 1 is 1.54 bits per heavy atom. The van der Waals surface area contributed by atoms with E-state index in [1.54, 1.807) is 14.0 Å².